The normalized spacial score (nSPS) is 13.6. The maximum Gasteiger partial charge on any atom is 0.159 e. The molecule has 5 nitrogen and oxygen atoms in total. The molecule has 29 heavy (non-hydrogen) atoms. The molecule has 1 N–H and O–H groups in total. The Morgan fingerprint density at radius 3 is 2.59 bits per heavy atom. The zero-order valence-electron chi connectivity index (χ0n) is 16.7. The lowest BCUT2D eigenvalue weighted by Crippen LogP contribution is -2.18. The summed E-state index contributed by atoms with van der Waals surface area (Å²) >= 11 is 2.93. The molecule has 0 radical (unpaired) electrons. The van der Waals surface area contributed by atoms with Crippen molar-refractivity contribution in [1.82, 2.24) is 14.9 Å². The van der Waals surface area contributed by atoms with Crippen LogP contribution in [0, 0.1) is 6.92 Å². The van der Waals surface area contributed by atoms with Crippen LogP contribution < -0.4 is 9.84 Å². The first-order valence-corrected chi connectivity index (χ1v) is 11.3. The van der Waals surface area contributed by atoms with Crippen LogP contribution in [-0.2, 0) is 6.54 Å². The molecule has 1 aliphatic rings. The Kier molecular flexibility index (Phi) is 8.27. The van der Waals surface area contributed by atoms with Crippen molar-refractivity contribution in [3.05, 3.63) is 64.6 Å². The Bertz CT molecular complexity index is 853. The fourth-order valence-corrected chi connectivity index (χ4v) is 4.31. The standard InChI is InChI=1S/C11H15N.C10H11FN4S2/c1-2-6-11(7-3-1)10-12-8-4-5-9-12;1-7-3-8(4-12-10(7)15(2)11)17-14-9-5-16-6-13-9/h1-3,6-7H,4-5,8-10H2;3-6,14H,1-2H3. The lowest BCUT2D eigenvalue weighted by Gasteiger charge is -2.13. The lowest BCUT2D eigenvalue weighted by atomic mass is 10.2. The van der Waals surface area contributed by atoms with E-state index >= 15 is 0 Å². The fourth-order valence-electron chi connectivity index (χ4n) is 3.08. The van der Waals surface area contributed by atoms with E-state index in [1.807, 2.05) is 18.4 Å². The highest BCUT2D eigenvalue weighted by atomic mass is 32.2. The van der Waals surface area contributed by atoms with E-state index in [1.165, 1.54) is 61.8 Å². The van der Waals surface area contributed by atoms with Gasteiger partial charge in [-0.2, -0.15) is 5.12 Å². The number of hydrogen-bond donors (Lipinski definition) is 1. The number of halogens is 1. The van der Waals surface area contributed by atoms with Gasteiger partial charge in [0.1, 0.15) is 5.82 Å². The minimum atomic E-state index is 0.336. The molecular weight excluding hydrogens is 405 g/mol. The average molecular weight is 432 g/mol. The van der Waals surface area contributed by atoms with Crippen LogP contribution >= 0.6 is 23.3 Å². The SMILES string of the molecule is Cc1cc(SNc2cscn2)cnc1N(C)F.c1ccc(CN2CCCC2)cc1. The molecule has 1 fully saturated rings. The summed E-state index contributed by atoms with van der Waals surface area (Å²) in [7, 11) is 1.33. The van der Waals surface area contributed by atoms with E-state index in [0.717, 1.165) is 22.8 Å². The molecule has 0 spiro atoms. The van der Waals surface area contributed by atoms with Gasteiger partial charge in [-0.25, -0.2) is 9.97 Å². The second kappa shape index (κ2) is 11.1. The molecule has 1 saturated heterocycles. The second-order valence-corrected chi connectivity index (χ2v) is 8.43. The van der Waals surface area contributed by atoms with Crippen LogP contribution in [0.3, 0.4) is 0 Å². The van der Waals surface area contributed by atoms with Crippen molar-refractivity contribution >= 4 is 34.9 Å². The largest absolute Gasteiger partial charge is 0.310 e. The topological polar surface area (TPSA) is 44.3 Å². The molecule has 0 saturated carbocycles. The number of aromatic nitrogens is 2. The number of rotatable bonds is 6. The van der Waals surface area contributed by atoms with Gasteiger partial charge < -0.3 is 4.72 Å². The third-order valence-electron chi connectivity index (χ3n) is 4.47. The zero-order valence-corrected chi connectivity index (χ0v) is 18.3. The lowest BCUT2D eigenvalue weighted by molar-refractivity contribution is 0.331. The van der Waals surface area contributed by atoms with E-state index in [-0.39, 0.29) is 0 Å². The Labute approximate surface area is 180 Å². The van der Waals surface area contributed by atoms with Crippen molar-refractivity contribution in [1.29, 1.82) is 0 Å². The molecule has 3 heterocycles. The van der Waals surface area contributed by atoms with Crippen LogP contribution in [0.5, 0.6) is 0 Å². The molecule has 154 valence electrons. The third-order valence-corrected chi connectivity index (χ3v) is 5.83. The van der Waals surface area contributed by atoms with Gasteiger partial charge in [-0.15, -0.1) is 11.3 Å². The number of likely N-dealkylation sites (tertiary alicyclic amines) is 1. The summed E-state index contributed by atoms with van der Waals surface area (Å²) in [4.78, 5) is 11.6. The van der Waals surface area contributed by atoms with Crippen LogP contribution in [0.2, 0.25) is 0 Å². The highest BCUT2D eigenvalue weighted by Gasteiger charge is 2.10. The summed E-state index contributed by atoms with van der Waals surface area (Å²) in [6, 6.07) is 12.6. The highest BCUT2D eigenvalue weighted by molar-refractivity contribution is 8.00. The van der Waals surface area contributed by atoms with Crippen LogP contribution in [0.15, 0.2) is 58.4 Å². The number of thiazole rings is 1. The van der Waals surface area contributed by atoms with Crippen LogP contribution in [-0.4, -0.2) is 35.0 Å². The van der Waals surface area contributed by atoms with Gasteiger partial charge in [-0.3, -0.25) is 4.90 Å². The molecule has 1 aromatic carbocycles. The summed E-state index contributed by atoms with van der Waals surface area (Å²) in [6.45, 7) is 5.54. The molecule has 0 aliphatic carbocycles. The van der Waals surface area contributed by atoms with E-state index in [0.29, 0.717) is 10.9 Å². The quantitative estimate of drug-likeness (QED) is 0.407. The molecular formula is C21H26FN5S2. The van der Waals surface area contributed by atoms with Crippen molar-refractivity contribution in [2.75, 3.05) is 30.0 Å². The van der Waals surface area contributed by atoms with Crippen molar-refractivity contribution in [3.63, 3.8) is 0 Å². The summed E-state index contributed by atoms with van der Waals surface area (Å²) in [5.74, 6) is 1.15. The van der Waals surface area contributed by atoms with Gasteiger partial charge in [0, 0.05) is 30.1 Å². The Morgan fingerprint density at radius 1 is 1.21 bits per heavy atom. The monoisotopic (exact) mass is 431 g/mol. The van der Waals surface area contributed by atoms with Crippen LogP contribution in [0.1, 0.15) is 24.0 Å². The van der Waals surface area contributed by atoms with E-state index in [1.54, 1.807) is 11.7 Å². The van der Waals surface area contributed by atoms with Gasteiger partial charge in [0.25, 0.3) is 0 Å². The van der Waals surface area contributed by atoms with Crippen molar-refractivity contribution in [2.45, 2.75) is 31.2 Å². The fraction of sp³-hybridized carbons (Fsp3) is 0.333. The van der Waals surface area contributed by atoms with Gasteiger partial charge in [-0.1, -0.05) is 34.8 Å². The predicted octanol–water partition coefficient (Wildman–Crippen LogP) is 5.57. The number of nitrogens with zero attached hydrogens (tertiary/aromatic N) is 4. The van der Waals surface area contributed by atoms with Gasteiger partial charge in [0.05, 0.1) is 5.51 Å². The highest BCUT2D eigenvalue weighted by Crippen LogP contribution is 2.24. The number of pyridine rings is 1. The molecule has 0 unspecified atom stereocenters. The summed E-state index contributed by atoms with van der Waals surface area (Å²) in [5.41, 5.74) is 3.99. The van der Waals surface area contributed by atoms with Gasteiger partial charge >= 0.3 is 0 Å². The smallest absolute Gasteiger partial charge is 0.159 e. The molecule has 0 bridgehead atoms. The Hall–Kier alpha value is -2.16. The molecule has 8 heteroatoms. The van der Waals surface area contributed by atoms with E-state index in [4.69, 9.17) is 0 Å². The predicted molar refractivity (Wildman–Crippen MR) is 121 cm³/mol. The molecule has 0 amide bonds. The summed E-state index contributed by atoms with van der Waals surface area (Å²) in [6.07, 6.45) is 4.39. The van der Waals surface area contributed by atoms with Crippen LogP contribution in [0.25, 0.3) is 0 Å². The first-order chi connectivity index (χ1) is 14.1. The van der Waals surface area contributed by atoms with Crippen molar-refractivity contribution in [2.24, 2.45) is 0 Å². The van der Waals surface area contributed by atoms with Gasteiger partial charge in [0.15, 0.2) is 5.82 Å². The minimum absolute atomic E-state index is 0.336. The van der Waals surface area contributed by atoms with E-state index < -0.39 is 0 Å². The first kappa shape index (κ1) is 21.5. The first-order valence-electron chi connectivity index (χ1n) is 9.55. The van der Waals surface area contributed by atoms with E-state index in [9.17, 15) is 4.48 Å². The summed E-state index contributed by atoms with van der Waals surface area (Å²) < 4.78 is 16.1. The third kappa shape index (κ3) is 6.99. The average Bonchev–Trinajstić information content (AvgIpc) is 3.42. The second-order valence-electron chi connectivity index (χ2n) is 6.84. The maximum atomic E-state index is 13.0. The number of aryl methyl sites for hydroxylation is 1. The Morgan fingerprint density at radius 2 is 1.97 bits per heavy atom. The molecule has 0 atom stereocenters. The Balaban J connectivity index is 0.000000176. The molecule has 2 aromatic heterocycles. The minimum Gasteiger partial charge on any atom is -0.310 e. The van der Waals surface area contributed by atoms with Gasteiger partial charge in [0.2, 0.25) is 0 Å². The molecule has 1 aliphatic heterocycles. The maximum absolute atomic E-state index is 13.0. The number of nitrogens with one attached hydrogen (secondary N) is 1. The molecule has 3 aromatic rings. The zero-order chi connectivity index (χ0) is 20.5. The number of benzene rings is 1. The van der Waals surface area contributed by atoms with Gasteiger partial charge in [-0.05, 0) is 62.0 Å². The van der Waals surface area contributed by atoms with Crippen molar-refractivity contribution < 1.29 is 4.48 Å². The summed E-state index contributed by atoms with van der Waals surface area (Å²) in [5, 5.41) is 2.43. The molecule has 4 rings (SSSR count). The number of hydrogen-bond acceptors (Lipinski definition) is 7. The van der Waals surface area contributed by atoms with Crippen LogP contribution in [0.4, 0.5) is 16.1 Å². The van der Waals surface area contributed by atoms with Crippen molar-refractivity contribution in [3.8, 4) is 0 Å². The number of anilines is 2. The van der Waals surface area contributed by atoms with E-state index in [2.05, 4.69) is 49.9 Å².